The van der Waals surface area contributed by atoms with E-state index in [9.17, 15) is 0 Å². The Morgan fingerprint density at radius 1 is 1.28 bits per heavy atom. The highest BCUT2D eigenvalue weighted by molar-refractivity contribution is 8.06. The third-order valence-electron chi connectivity index (χ3n) is 3.90. The van der Waals surface area contributed by atoms with Crippen LogP contribution in [0.15, 0.2) is 53.0 Å². The van der Waals surface area contributed by atoms with Crippen LogP contribution < -0.4 is 16.4 Å². The first-order valence-corrected chi connectivity index (χ1v) is 9.34. The quantitative estimate of drug-likeness (QED) is 0.729. The highest BCUT2D eigenvalue weighted by Gasteiger charge is 2.16. The number of nitrogens with zero attached hydrogens (tertiary/aromatic N) is 2. The lowest BCUT2D eigenvalue weighted by Gasteiger charge is -2.13. The molecule has 0 aliphatic carbocycles. The zero-order valence-corrected chi connectivity index (χ0v) is 15.3. The zero-order chi connectivity index (χ0) is 17.6. The molecule has 130 valence electrons. The molecule has 0 fully saturated rings. The topological polar surface area (TPSA) is 75.9 Å². The van der Waals surface area contributed by atoms with E-state index in [-0.39, 0.29) is 0 Å². The van der Waals surface area contributed by atoms with Gasteiger partial charge in [0.1, 0.15) is 5.03 Å². The Bertz CT molecular complexity index is 785. The zero-order valence-electron chi connectivity index (χ0n) is 14.5. The van der Waals surface area contributed by atoms with Crippen LogP contribution in [-0.4, -0.2) is 16.0 Å². The van der Waals surface area contributed by atoms with Crippen LogP contribution in [0.2, 0.25) is 0 Å². The Kier molecular flexibility index (Phi) is 5.60. The van der Waals surface area contributed by atoms with Crippen LogP contribution in [0.1, 0.15) is 37.9 Å². The second-order valence-corrected chi connectivity index (χ2v) is 6.86. The minimum atomic E-state index is 0.333. The Hall–Kier alpha value is -2.47. The summed E-state index contributed by atoms with van der Waals surface area (Å²) in [4.78, 5) is 8.85. The maximum absolute atomic E-state index is 6.34. The van der Waals surface area contributed by atoms with Crippen molar-refractivity contribution in [2.24, 2.45) is 5.73 Å². The van der Waals surface area contributed by atoms with E-state index in [0.717, 1.165) is 34.8 Å². The van der Waals surface area contributed by atoms with Crippen molar-refractivity contribution in [2.75, 3.05) is 5.32 Å². The molecule has 1 unspecified atom stereocenters. The maximum Gasteiger partial charge on any atom is 0.223 e. The monoisotopic (exact) mass is 353 g/mol. The molecule has 1 aromatic carbocycles. The number of rotatable bonds is 6. The van der Waals surface area contributed by atoms with Crippen molar-refractivity contribution < 1.29 is 0 Å². The van der Waals surface area contributed by atoms with Crippen molar-refractivity contribution in [1.82, 2.24) is 15.3 Å². The minimum absolute atomic E-state index is 0.333. The Morgan fingerprint density at radius 2 is 2.08 bits per heavy atom. The van der Waals surface area contributed by atoms with Gasteiger partial charge in [0.15, 0.2) is 0 Å². The van der Waals surface area contributed by atoms with Crippen LogP contribution in [0.5, 0.6) is 0 Å². The van der Waals surface area contributed by atoms with Crippen LogP contribution >= 0.6 is 11.8 Å². The minimum Gasteiger partial charge on any atom is -0.395 e. The molecule has 0 saturated carbocycles. The van der Waals surface area contributed by atoms with E-state index in [1.54, 1.807) is 18.0 Å². The fraction of sp³-hybridized carbons (Fsp3) is 0.263. The van der Waals surface area contributed by atoms with E-state index in [4.69, 9.17) is 5.73 Å². The summed E-state index contributed by atoms with van der Waals surface area (Å²) in [7, 11) is 0. The normalized spacial score (nSPS) is 16.8. The molecule has 0 spiro atoms. The number of hydrogen-bond donors (Lipinski definition) is 3. The van der Waals surface area contributed by atoms with Crippen molar-refractivity contribution in [1.29, 1.82) is 0 Å². The number of nitrogens with two attached hydrogens (primary N) is 1. The maximum atomic E-state index is 6.34. The van der Waals surface area contributed by atoms with Crippen molar-refractivity contribution in [3.8, 4) is 0 Å². The average Bonchev–Trinajstić information content (AvgIpc) is 3.12. The molecular formula is C19H23N5S. The van der Waals surface area contributed by atoms with Gasteiger partial charge in [0.2, 0.25) is 5.95 Å². The molecule has 25 heavy (non-hydrogen) atoms. The molecule has 4 N–H and O–H groups in total. The SMILES string of the molecule is CCCC(C)Nc1nccc(/C(N)=C2/NC(c3ccccc3)=CS2)n1. The summed E-state index contributed by atoms with van der Waals surface area (Å²) in [5.41, 5.74) is 9.87. The molecule has 1 aliphatic rings. The first-order valence-electron chi connectivity index (χ1n) is 8.46. The lowest BCUT2D eigenvalue weighted by molar-refractivity contribution is 0.683. The van der Waals surface area contributed by atoms with Gasteiger partial charge in [0.25, 0.3) is 0 Å². The van der Waals surface area contributed by atoms with Gasteiger partial charge in [0.05, 0.1) is 17.1 Å². The summed E-state index contributed by atoms with van der Waals surface area (Å²) in [6.07, 6.45) is 3.93. The predicted octanol–water partition coefficient (Wildman–Crippen LogP) is 4.00. The summed E-state index contributed by atoms with van der Waals surface area (Å²) >= 11 is 1.58. The Balaban J connectivity index is 1.75. The first-order chi connectivity index (χ1) is 12.2. The molecule has 5 nitrogen and oxygen atoms in total. The number of benzene rings is 1. The first kappa shape index (κ1) is 17.4. The standard InChI is InChI=1S/C19H23N5S/c1-3-7-13(2)22-19-21-11-10-15(24-19)17(20)18-23-16(12-25-18)14-8-5-4-6-9-14/h4-6,8-13,23H,3,7,20H2,1-2H3,(H,21,22,24)/b18-17+. The molecule has 0 amide bonds. The van der Waals surface area contributed by atoms with Crippen molar-refractivity contribution in [2.45, 2.75) is 32.7 Å². The lowest BCUT2D eigenvalue weighted by atomic mass is 10.2. The van der Waals surface area contributed by atoms with Crippen LogP contribution in [0.4, 0.5) is 5.95 Å². The molecule has 1 aliphatic heterocycles. The van der Waals surface area contributed by atoms with E-state index in [2.05, 4.69) is 52.0 Å². The highest BCUT2D eigenvalue weighted by atomic mass is 32.2. The van der Waals surface area contributed by atoms with Crippen LogP contribution in [0, 0.1) is 0 Å². The number of hydrogen-bond acceptors (Lipinski definition) is 6. The van der Waals surface area contributed by atoms with Crippen molar-refractivity contribution in [3.05, 3.63) is 64.3 Å². The molecule has 0 radical (unpaired) electrons. The van der Waals surface area contributed by atoms with Gasteiger partial charge < -0.3 is 16.4 Å². The van der Waals surface area contributed by atoms with Crippen LogP contribution in [-0.2, 0) is 0 Å². The van der Waals surface area contributed by atoms with E-state index in [1.807, 2.05) is 24.3 Å². The summed E-state index contributed by atoms with van der Waals surface area (Å²) in [5, 5.41) is 9.67. The molecule has 3 rings (SSSR count). The highest BCUT2D eigenvalue weighted by Crippen LogP contribution is 2.33. The summed E-state index contributed by atoms with van der Waals surface area (Å²) in [5.74, 6) is 0.612. The second-order valence-electron chi connectivity index (χ2n) is 5.98. The Morgan fingerprint density at radius 3 is 2.84 bits per heavy atom. The van der Waals surface area contributed by atoms with E-state index >= 15 is 0 Å². The molecule has 0 saturated heterocycles. The van der Waals surface area contributed by atoms with E-state index in [0.29, 0.717) is 17.7 Å². The predicted molar refractivity (Wildman–Crippen MR) is 106 cm³/mol. The third-order valence-corrected chi connectivity index (χ3v) is 4.81. The number of thioether (sulfide) groups is 1. The fourth-order valence-corrected chi connectivity index (χ4v) is 3.44. The molecule has 1 atom stereocenters. The molecule has 1 aromatic heterocycles. The fourth-order valence-electron chi connectivity index (χ4n) is 2.61. The van der Waals surface area contributed by atoms with Gasteiger partial charge >= 0.3 is 0 Å². The van der Waals surface area contributed by atoms with Gasteiger partial charge in [0, 0.05) is 17.6 Å². The van der Waals surface area contributed by atoms with Crippen LogP contribution in [0.25, 0.3) is 11.4 Å². The smallest absolute Gasteiger partial charge is 0.223 e. The molecule has 2 heterocycles. The lowest BCUT2D eigenvalue weighted by Crippen LogP contribution is -2.18. The van der Waals surface area contributed by atoms with E-state index < -0.39 is 0 Å². The summed E-state index contributed by atoms with van der Waals surface area (Å²) in [6, 6.07) is 12.4. The van der Waals surface area contributed by atoms with Gasteiger partial charge in [-0.25, -0.2) is 9.97 Å². The largest absolute Gasteiger partial charge is 0.395 e. The van der Waals surface area contributed by atoms with Gasteiger partial charge in [-0.2, -0.15) is 0 Å². The number of aromatic nitrogens is 2. The third kappa shape index (κ3) is 4.33. The van der Waals surface area contributed by atoms with Gasteiger partial charge in [-0.05, 0) is 25.0 Å². The van der Waals surface area contributed by atoms with Gasteiger partial charge in [-0.1, -0.05) is 55.4 Å². The number of nitrogens with one attached hydrogen (secondary N) is 2. The van der Waals surface area contributed by atoms with Crippen molar-refractivity contribution >= 4 is 29.1 Å². The average molecular weight is 353 g/mol. The summed E-state index contributed by atoms with van der Waals surface area (Å²) in [6.45, 7) is 4.30. The molecule has 2 aromatic rings. The van der Waals surface area contributed by atoms with Crippen LogP contribution in [0.3, 0.4) is 0 Å². The van der Waals surface area contributed by atoms with Gasteiger partial charge in [-0.15, -0.1) is 0 Å². The molecule has 6 heteroatoms. The molecular weight excluding hydrogens is 330 g/mol. The second kappa shape index (κ2) is 8.07. The van der Waals surface area contributed by atoms with E-state index in [1.165, 1.54) is 0 Å². The Labute approximate surface area is 152 Å². The molecule has 0 bridgehead atoms. The summed E-state index contributed by atoms with van der Waals surface area (Å²) < 4.78 is 0. The number of anilines is 1. The van der Waals surface area contributed by atoms with Crippen molar-refractivity contribution in [3.63, 3.8) is 0 Å². The van der Waals surface area contributed by atoms with Gasteiger partial charge in [-0.3, -0.25) is 0 Å².